The molecule has 1 saturated heterocycles. The summed E-state index contributed by atoms with van der Waals surface area (Å²) in [5, 5.41) is 7.03. The quantitative estimate of drug-likeness (QED) is 0.523. The van der Waals surface area contributed by atoms with E-state index < -0.39 is 0 Å². The fourth-order valence-corrected chi connectivity index (χ4v) is 1.42. The molecule has 0 spiro atoms. The highest BCUT2D eigenvalue weighted by Crippen LogP contribution is 2.10. The van der Waals surface area contributed by atoms with E-state index in [4.69, 9.17) is 5.41 Å². The van der Waals surface area contributed by atoms with Gasteiger partial charge in [0, 0.05) is 6.42 Å². The van der Waals surface area contributed by atoms with E-state index in [-0.39, 0.29) is 5.78 Å². The highest BCUT2D eigenvalue weighted by atomic mass is 32.2. The van der Waals surface area contributed by atoms with Crippen LogP contribution >= 0.6 is 11.8 Å². The number of thioether (sulfide) groups is 1. The van der Waals surface area contributed by atoms with Gasteiger partial charge in [0.25, 0.3) is 0 Å². The summed E-state index contributed by atoms with van der Waals surface area (Å²) in [4.78, 5) is 10.5. The highest BCUT2D eigenvalue weighted by Gasteiger charge is 2.13. The summed E-state index contributed by atoms with van der Waals surface area (Å²) in [6, 6.07) is 0. The van der Waals surface area contributed by atoms with Crippen molar-refractivity contribution in [3.8, 4) is 0 Å². The van der Waals surface area contributed by atoms with Gasteiger partial charge in [-0.1, -0.05) is 0 Å². The number of hydrogen-bond donors (Lipinski definition) is 1. The number of rotatable bonds is 0. The van der Waals surface area contributed by atoms with Gasteiger partial charge in [0.05, 0.1) is 11.5 Å². The Morgan fingerprint density at radius 1 is 1.62 bits per heavy atom. The van der Waals surface area contributed by atoms with Gasteiger partial charge in [0.1, 0.15) is 0 Å². The summed E-state index contributed by atoms with van der Waals surface area (Å²) in [5.41, 5.74) is 0.309. The number of nitrogens with one attached hydrogen (secondary N) is 1. The molecule has 1 heterocycles. The Morgan fingerprint density at radius 2 is 2.38 bits per heavy atom. The molecular formula is C5H7NOS. The molecule has 0 aliphatic carbocycles. The van der Waals surface area contributed by atoms with Crippen molar-refractivity contribution < 1.29 is 4.79 Å². The van der Waals surface area contributed by atoms with Gasteiger partial charge in [-0.05, 0) is 5.75 Å². The van der Waals surface area contributed by atoms with Crippen molar-refractivity contribution in [1.82, 2.24) is 0 Å². The lowest BCUT2D eigenvalue weighted by atomic mass is 10.2. The number of ketones is 1. The molecule has 0 aromatic rings. The van der Waals surface area contributed by atoms with Gasteiger partial charge in [-0.3, -0.25) is 4.79 Å². The standard InChI is InChI=1S/C5H7NOS/c6-4-1-2-8-3-5(4)7/h6H,1-3H2. The van der Waals surface area contributed by atoms with Crippen molar-refractivity contribution in [2.45, 2.75) is 6.42 Å². The van der Waals surface area contributed by atoms with Gasteiger partial charge >= 0.3 is 0 Å². The van der Waals surface area contributed by atoms with Crippen molar-refractivity contribution in [3.05, 3.63) is 0 Å². The number of hydrogen-bond acceptors (Lipinski definition) is 3. The van der Waals surface area contributed by atoms with Crippen LogP contribution in [0.3, 0.4) is 0 Å². The fraction of sp³-hybridized carbons (Fsp3) is 0.600. The van der Waals surface area contributed by atoms with Crippen LogP contribution in [0, 0.1) is 5.41 Å². The molecule has 1 aliphatic heterocycles. The molecule has 0 saturated carbocycles. The second kappa shape index (κ2) is 2.31. The van der Waals surface area contributed by atoms with Gasteiger partial charge in [-0.15, -0.1) is 0 Å². The Morgan fingerprint density at radius 3 is 2.75 bits per heavy atom. The second-order valence-corrected chi connectivity index (χ2v) is 2.81. The molecule has 44 valence electrons. The Labute approximate surface area is 52.2 Å². The van der Waals surface area contributed by atoms with Gasteiger partial charge < -0.3 is 5.41 Å². The normalized spacial score (nSPS) is 21.5. The van der Waals surface area contributed by atoms with Crippen molar-refractivity contribution in [2.24, 2.45) is 0 Å². The summed E-state index contributed by atoms with van der Waals surface area (Å²) in [6.07, 6.45) is 0.670. The molecule has 1 N–H and O–H groups in total. The van der Waals surface area contributed by atoms with Crippen molar-refractivity contribution in [1.29, 1.82) is 5.41 Å². The van der Waals surface area contributed by atoms with E-state index in [1.54, 1.807) is 11.8 Å². The molecule has 8 heavy (non-hydrogen) atoms. The van der Waals surface area contributed by atoms with Crippen molar-refractivity contribution in [2.75, 3.05) is 11.5 Å². The largest absolute Gasteiger partial charge is 0.302 e. The molecule has 0 amide bonds. The zero-order valence-electron chi connectivity index (χ0n) is 4.44. The van der Waals surface area contributed by atoms with Gasteiger partial charge in [0.15, 0.2) is 5.78 Å². The van der Waals surface area contributed by atoms with Crippen LogP contribution in [0.25, 0.3) is 0 Å². The number of Topliss-reactive ketones (excluding diaryl/α,β-unsaturated/α-hetero) is 1. The van der Waals surface area contributed by atoms with Crippen LogP contribution in [0.15, 0.2) is 0 Å². The molecule has 0 aromatic heterocycles. The van der Waals surface area contributed by atoms with Gasteiger partial charge in [-0.2, -0.15) is 11.8 Å². The van der Waals surface area contributed by atoms with Crippen LogP contribution in [0.1, 0.15) is 6.42 Å². The first kappa shape index (κ1) is 5.82. The van der Waals surface area contributed by atoms with Crippen LogP contribution < -0.4 is 0 Å². The SMILES string of the molecule is N=C1CCSCC1=O. The lowest BCUT2D eigenvalue weighted by Crippen LogP contribution is -2.20. The maximum absolute atomic E-state index is 10.5. The molecule has 0 unspecified atom stereocenters. The summed E-state index contributed by atoms with van der Waals surface area (Å²) in [5.74, 6) is 1.49. The first-order valence-corrected chi connectivity index (χ1v) is 3.64. The third kappa shape index (κ3) is 1.10. The predicted octanol–water partition coefficient (Wildman–Crippen LogP) is 0.712. The van der Waals surface area contributed by atoms with E-state index in [0.717, 1.165) is 5.75 Å². The third-order valence-electron chi connectivity index (χ3n) is 1.07. The van der Waals surface area contributed by atoms with Gasteiger partial charge in [0.2, 0.25) is 0 Å². The molecular weight excluding hydrogens is 122 g/mol. The first-order valence-electron chi connectivity index (χ1n) is 2.49. The maximum Gasteiger partial charge on any atom is 0.186 e. The topological polar surface area (TPSA) is 40.9 Å². The van der Waals surface area contributed by atoms with Gasteiger partial charge in [-0.25, -0.2) is 0 Å². The molecule has 1 rings (SSSR count). The molecule has 0 radical (unpaired) electrons. The number of carbonyl (C=O) groups is 1. The maximum atomic E-state index is 10.5. The Balaban J connectivity index is 2.52. The van der Waals surface area contributed by atoms with E-state index >= 15 is 0 Å². The lowest BCUT2D eigenvalue weighted by Gasteiger charge is -2.07. The van der Waals surface area contributed by atoms with E-state index in [1.807, 2.05) is 0 Å². The van der Waals surface area contributed by atoms with E-state index in [1.165, 1.54) is 0 Å². The Bertz CT molecular complexity index is 116. The third-order valence-corrected chi connectivity index (χ3v) is 2.03. The molecule has 0 atom stereocenters. The summed E-state index contributed by atoms with van der Waals surface area (Å²) in [6.45, 7) is 0. The van der Waals surface area contributed by atoms with Crippen LogP contribution in [0.4, 0.5) is 0 Å². The minimum Gasteiger partial charge on any atom is -0.302 e. The smallest absolute Gasteiger partial charge is 0.186 e. The minimum absolute atomic E-state index is 0.0150. The lowest BCUT2D eigenvalue weighted by molar-refractivity contribution is -0.110. The summed E-state index contributed by atoms with van der Waals surface area (Å²) in [7, 11) is 0. The average molecular weight is 129 g/mol. The second-order valence-electron chi connectivity index (χ2n) is 1.70. The van der Waals surface area contributed by atoms with Crippen LogP contribution in [-0.2, 0) is 4.79 Å². The van der Waals surface area contributed by atoms with E-state index in [2.05, 4.69) is 0 Å². The molecule has 2 nitrogen and oxygen atoms in total. The van der Waals surface area contributed by atoms with Crippen molar-refractivity contribution in [3.63, 3.8) is 0 Å². The first-order chi connectivity index (χ1) is 3.80. The van der Waals surface area contributed by atoms with Crippen LogP contribution in [0.2, 0.25) is 0 Å². The Kier molecular flexibility index (Phi) is 1.68. The number of carbonyl (C=O) groups excluding carboxylic acids is 1. The predicted molar refractivity (Wildman–Crippen MR) is 34.7 cm³/mol. The molecule has 1 fully saturated rings. The monoisotopic (exact) mass is 129 g/mol. The van der Waals surface area contributed by atoms with Crippen molar-refractivity contribution >= 4 is 23.3 Å². The van der Waals surface area contributed by atoms with Crippen LogP contribution in [-0.4, -0.2) is 23.0 Å². The fourth-order valence-electron chi connectivity index (χ4n) is 0.566. The van der Waals surface area contributed by atoms with E-state index in [0.29, 0.717) is 17.9 Å². The summed E-state index contributed by atoms with van der Waals surface area (Å²) < 4.78 is 0. The minimum atomic E-state index is 0.0150. The van der Waals surface area contributed by atoms with E-state index in [9.17, 15) is 4.79 Å². The zero-order valence-corrected chi connectivity index (χ0v) is 5.25. The molecule has 0 bridgehead atoms. The highest BCUT2D eigenvalue weighted by molar-refractivity contribution is 8.00. The molecule has 1 aliphatic rings. The molecule has 3 heteroatoms. The summed E-state index contributed by atoms with van der Waals surface area (Å²) >= 11 is 1.62. The Hall–Kier alpha value is -0.310. The van der Waals surface area contributed by atoms with Crippen LogP contribution in [0.5, 0.6) is 0 Å². The average Bonchev–Trinajstić information content (AvgIpc) is 1.77. The molecule has 0 aromatic carbocycles. The zero-order chi connectivity index (χ0) is 5.98.